The molecule has 2 fully saturated rings. The maximum atomic E-state index is 13.1. The van der Waals surface area contributed by atoms with Crippen molar-refractivity contribution < 1.29 is 32.6 Å². The first-order chi connectivity index (χ1) is 20.5. The highest BCUT2D eigenvalue weighted by Crippen LogP contribution is 2.34. The fraction of sp³-hybridized carbons (Fsp3) is 0.406. The number of rotatable bonds is 8. The van der Waals surface area contributed by atoms with Gasteiger partial charge in [0.1, 0.15) is 5.82 Å². The number of aliphatic carboxylic acids is 1. The number of carboxylic acids is 1. The number of amides is 1. The van der Waals surface area contributed by atoms with Crippen LogP contribution in [0.15, 0.2) is 60.8 Å². The lowest BCUT2D eigenvalue weighted by atomic mass is 9.91. The van der Waals surface area contributed by atoms with E-state index in [0.29, 0.717) is 55.5 Å². The molecule has 5 rings (SSSR count). The van der Waals surface area contributed by atoms with Crippen LogP contribution in [0.5, 0.6) is 0 Å². The topological polar surface area (TPSA) is 95.0 Å². The molecule has 8 nitrogen and oxygen atoms in total. The molecule has 43 heavy (non-hydrogen) atoms. The maximum absolute atomic E-state index is 13.1. The van der Waals surface area contributed by atoms with Gasteiger partial charge in [0.2, 0.25) is 0 Å². The Balaban J connectivity index is 1.31. The van der Waals surface area contributed by atoms with Crippen LogP contribution in [0.1, 0.15) is 54.1 Å². The molecule has 2 N–H and O–H groups in total. The lowest BCUT2D eigenvalue weighted by Gasteiger charge is -2.38. The van der Waals surface area contributed by atoms with E-state index in [-0.39, 0.29) is 5.91 Å². The highest BCUT2D eigenvalue weighted by Gasteiger charge is 2.41. The van der Waals surface area contributed by atoms with Crippen LogP contribution in [0.25, 0.3) is 11.1 Å². The minimum absolute atomic E-state index is 0.343. The smallest absolute Gasteiger partial charge is 0.416 e. The number of halogens is 3. The summed E-state index contributed by atoms with van der Waals surface area (Å²) in [4.78, 5) is 33.6. The van der Waals surface area contributed by atoms with Crippen molar-refractivity contribution in [2.45, 2.75) is 57.0 Å². The summed E-state index contributed by atoms with van der Waals surface area (Å²) in [6, 6.07) is 14.3. The summed E-state index contributed by atoms with van der Waals surface area (Å²) in [5, 5.41) is 12.4. The summed E-state index contributed by atoms with van der Waals surface area (Å²) in [6.45, 7) is 4.68. The Morgan fingerprint density at radius 1 is 1.07 bits per heavy atom. The highest BCUT2D eigenvalue weighted by atomic mass is 19.4. The molecule has 3 heterocycles. The first kappa shape index (κ1) is 30.5. The van der Waals surface area contributed by atoms with E-state index in [1.54, 1.807) is 24.4 Å². The molecule has 0 aliphatic carbocycles. The lowest BCUT2D eigenvalue weighted by molar-refractivity contribution is -0.164. The predicted molar refractivity (Wildman–Crippen MR) is 157 cm³/mol. The molecule has 2 aliphatic rings. The van der Waals surface area contributed by atoms with Crippen molar-refractivity contribution in [2.24, 2.45) is 0 Å². The van der Waals surface area contributed by atoms with E-state index in [1.165, 1.54) is 19.2 Å². The summed E-state index contributed by atoms with van der Waals surface area (Å²) in [7, 11) is 1.42. The average molecular weight is 597 g/mol. The number of benzene rings is 2. The molecular weight excluding hydrogens is 561 g/mol. The van der Waals surface area contributed by atoms with E-state index >= 15 is 0 Å². The van der Waals surface area contributed by atoms with Crippen LogP contribution < -0.4 is 10.2 Å². The molecule has 1 amide bonds. The van der Waals surface area contributed by atoms with Crippen molar-refractivity contribution in [1.82, 2.24) is 9.88 Å². The SMILES string of the molecule is COC1(C(=O)O)CCN(c2ccc(C(=O)Nc3cc(CN4CCC[C@H]4C)c(-c4ccc(C(F)(F)F)cc4)cn3)cc2)CC1. The quantitative estimate of drug-likeness (QED) is 0.326. The van der Waals surface area contributed by atoms with Gasteiger partial charge in [0.05, 0.1) is 5.56 Å². The molecule has 2 aliphatic heterocycles. The summed E-state index contributed by atoms with van der Waals surface area (Å²) in [6.07, 6.45) is 0.0452. The van der Waals surface area contributed by atoms with Gasteiger partial charge in [-0.1, -0.05) is 12.1 Å². The third kappa shape index (κ3) is 6.67. The number of anilines is 2. The van der Waals surface area contributed by atoms with Gasteiger partial charge in [-0.25, -0.2) is 9.78 Å². The Morgan fingerprint density at radius 2 is 1.74 bits per heavy atom. The number of ether oxygens (including phenoxy) is 1. The fourth-order valence-corrected chi connectivity index (χ4v) is 5.88. The molecule has 3 aromatic rings. The van der Waals surface area contributed by atoms with Gasteiger partial charge < -0.3 is 20.1 Å². The number of hydrogen-bond donors (Lipinski definition) is 2. The van der Waals surface area contributed by atoms with Gasteiger partial charge in [-0.15, -0.1) is 0 Å². The first-order valence-electron chi connectivity index (χ1n) is 14.3. The number of nitrogens with zero attached hydrogens (tertiary/aromatic N) is 3. The van der Waals surface area contributed by atoms with Gasteiger partial charge in [0.15, 0.2) is 5.60 Å². The second-order valence-electron chi connectivity index (χ2n) is 11.3. The number of piperidine rings is 1. The molecular formula is C32H35F3N4O4. The molecule has 0 radical (unpaired) electrons. The van der Waals surface area contributed by atoms with Crippen molar-refractivity contribution in [2.75, 3.05) is 37.0 Å². The predicted octanol–water partition coefficient (Wildman–Crippen LogP) is 6.07. The summed E-state index contributed by atoms with van der Waals surface area (Å²) >= 11 is 0. The summed E-state index contributed by atoms with van der Waals surface area (Å²) in [5.41, 5.74) is 1.65. The number of alkyl halides is 3. The maximum Gasteiger partial charge on any atom is 0.416 e. The number of nitrogens with one attached hydrogen (secondary N) is 1. The molecule has 1 aromatic heterocycles. The lowest BCUT2D eigenvalue weighted by Crippen LogP contribution is -2.50. The number of carboxylic acid groups (broad SMARTS) is 1. The largest absolute Gasteiger partial charge is 0.479 e. The zero-order valence-corrected chi connectivity index (χ0v) is 24.2. The molecule has 2 aromatic carbocycles. The van der Waals surface area contributed by atoms with Gasteiger partial charge in [-0.3, -0.25) is 9.69 Å². The van der Waals surface area contributed by atoms with Gasteiger partial charge in [-0.2, -0.15) is 13.2 Å². The molecule has 2 saturated heterocycles. The van der Waals surface area contributed by atoms with Crippen LogP contribution >= 0.6 is 0 Å². The molecule has 0 saturated carbocycles. The van der Waals surface area contributed by atoms with E-state index in [2.05, 4.69) is 27.0 Å². The number of hydrogen-bond acceptors (Lipinski definition) is 6. The Hall–Kier alpha value is -3.96. The highest BCUT2D eigenvalue weighted by molar-refractivity contribution is 6.04. The van der Waals surface area contributed by atoms with Crippen LogP contribution in [-0.2, 0) is 22.3 Å². The first-order valence-corrected chi connectivity index (χ1v) is 14.3. The van der Waals surface area contributed by atoms with E-state index in [1.807, 2.05) is 12.1 Å². The monoisotopic (exact) mass is 596 g/mol. The number of carbonyl (C=O) groups excluding carboxylic acids is 1. The molecule has 0 bridgehead atoms. The number of aromatic nitrogens is 1. The number of methoxy groups -OCH3 is 1. The molecule has 1 atom stereocenters. The van der Waals surface area contributed by atoms with Gasteiger partial charge in [0, 0.05) is 68.6 Å². The van der Waals surface area contributed by atoms with E-state index in [9.17, 15) is 27.9 Å². The standard InChI is InChI=1S/C32H35F3N4O4/c1-21-4-3-15-39(21)20-24-18-28(36-19-27(24)22-5-9-25(10-6-22)32(33,34)35)37-29(40)23-7-11-26(12-8-23)38-16-13-31(43-2,14-17-38)30(41)42/h5-12,18-19,21H,3-4,13-17,20H2,1-2H3,(H,41,42)(H,36,37,40)/t21-/m1/s1. The Morgan fingerprint density at radius 3 is 2.30 bits per heavy atom. The second kappa shape index (κ2) is 12.3. The zero-order chi connectivity index (χ0) is 30.8. The Kier molecular flexibility index (Phi) is 8.75. The van der Waals surface area contributed by atoms with Crippen molar-refractivity contribution >= 4 is 23.4 Å². The van der Waals surface area contributed by atoms with Crippen LogP contribution in [-0.4, -0.2) is 65.3 Å². The minimum Gasteiger partial charge on any atom is -0.479 e. The number of pyridine rings is 1. The molecule has 11 heteroatoms. The normalized spacial score (nSPS) is 18.9. The molecule has 228 valence electrons. The second-order valence-corrected chi connectivity index (χ2v) is 11.3. The van der Waals surface area contributed by atoms with Gasteiger partial charge in [0.25, 0.3) is 5.91 Å². The van der Waals surface area contributed by atoms with E-state index in [4.69, 9.17) is 4.74 Å². The average Bonchev–Trinajstić information content (AvgIpc) is 3.40. The van der Waals surface area contributed by atoms with Crippen LogP contribution in [0.4, 0.5) is 24.7 Å². The molecule has 0 spiro atoms. The van der Waals surface area contributed by atoms with Crippen molar-refractivity contribution in [3.8, 4) is 11.1 Å². The van der Waals surface area contributed by atoms with E-state index in [0.717, 1.165) is 48.3 Å². The summed E-state index contributed by atoms with van der Waals surface area (Å²) < 4.78 is 44.7. The zero-order valence-electron chi connectivity index (χ0n) is 24.2. The number of likely N-dealkylation sites (tertiary alicyclic amines) is 1. The Bertz CT molecular complexity index is 1450. The third-order valence-corrected chi connectivity index (χ3v) is 8.66. The van der Waals surface area contributed by atoms with Gasteiger partial charge in [-0.05, 0) is 79.9 Å². The Labute approximate surface area is 248 Å². The van der Waals surface area contributed by atoms with Crippen LogP contribution in [0, 0.1) is 0 Å². The van der Waals surface area contributed by atoms with Gasteiger partial charge >= 0.3 is 12.1 Å². The van der Waals surface area contributed by atoms with Crippen molar-refractivity contribution in [3.05, 3.63) is 77.5 Å². The van der Waals surface area contributed by atoms with Crippen molar-refractivity contribution in [1.29, 1.82) is 0 Å². The van der Waals surface area contributed by atoms with Crippen LogP contribution in [0.2, 0.25) is 0 Å². The fourth-order valence-electron chi connectivity index (χ4n) is 5.88. The minimum atomic E-state index is -4.42. The third-order valence-electron chi connectivity index (χ3n) is 8.66. The molecule has 0 unspecified atom stereocenters. The van der Waals surface area contributed by atoms with Crippen molar-refractivity contribution in [3.63, 3.8) is 0 Å². The van der Waals surface area contributed by atoms with Crippen LogP contribution in [0.3, 0.4) is 0 Å². The van der Waals surface area contributed by atoms with E-state index < -0.39 is 23.3 Å². The number of carbonyl (C=O) groups is 2. The summed E-state index contributed by atoms with van der Waals surface area (Å²) in [5.74, 6) is -0.947.